The summed E-state index contributed by atoms with van der Waals surface area (Å²) in [5.41, 5.74) is 1.08. The molecule has 0 heterocycles. The van der Waals surface area contributed by atoms with Crippen molar-refractivity contribution in [1.29, 1.82) is 0 Å². The quantitative estimate of drug-likeness (QED) is 0.452. The summed E-state index contributed by atoms with van der Waals surface area (Å²) in [4.78, 5) is 21.9. The lowest BCUT2D eigenvalue weighted by molar-refractivity contribution is -0.384. The molecule has 0 aliphatic carbocycles. The Labute approximate surface area is 137 Å². The van der Waals surface area contributed by atoms with Crippen molar-refractivity contribution in [2.75, 3.05) is 0 Å². The predicted octanol–water partition coefficient (Wildman–Crippen LogP) is 4.11. The van der Waals surface area contributed by atoms with Gasteiger partial charge >= 0.3 is 5.97 Å². The summed E-state index contributed by atoms with van der Waals surface area (Å²) in [5.74, 6) is -2.39. The molecule has 0 bridgehead atoms. The minimum absolute atomic E-state index is 0.0163. The molecular weight excluding hydrogens is 320 g/mol. The maximum Gasteiger partial charge on any atom is 0.306 e. The van der Waals surface area contributed by atoms with Crippen molar-refractivity contribution >= 4 is 11.7 Å². The van der Waals surface area contributed by atoms with Crippen molar-refractivity contribution in [2.24, 2.45) is 0 Å². The fourth-order valence-electron chi connectivity index (χ4n) is 2.13. The first kappa shape index (κ1) is 17.5. The highest BCUT2D eigenvalue weighted by Crippen LogP contribution is 2.21. The molecular formula is C17H15F2NO4. The van der Waals surface area contributed by atoms with Gasteiger partial charge in [-0.1, -0.05) is 6.07 Å². The largest absolute Gasteiger partial charge is 0.458 e. The number of benzene rings is 2. The fourth-order valence-corrected chi connectivity index (χ4v) is 2.13. The number of halogens is 2. The van der Waals surface area contributed by atoms with Gasteiger partial charge in [0.1, 0.15) is 6.10 Å². The molecule has 0 saturated carbocycles. The highest BCUT2D eigenvalue weighted by molar-refractivity contribution is 5.70. The SMILES string of the molecule is C[C@@H](OC(=O)CCc1ccc(F)c(F)c1)c1ccc([N+](=O)[O-])cc1. The van der Waals surface area contributed by atoms with Crippen LogP contribution in [-0.2, 0) is 16.0 Å². The van der Waals surface area contributed by atoms with E-state index in [1.54, 1.807) is 6.92 Å². The van der Waals surface area contributed by atoms with Crippen LogP contribution in [0.2, 0.25) is 0 Å². The lowest BCUT2D eigenvalue weighted by atomic mass is 10.1. The Morgan fingerprint density at radius 1 is 1.17 bits per heavy atom. The molecule has 0 amide bonds. The van der Waals surface area contributed by atoms with Crippen LogP contribution >= 0.6 is 0 Å². The molecule has 1 atom stereocenters. The minimum atomic E-state index is -0.958. The van der Waals surface area contributed by atoms with E-state index in [0.717, 1.165) is 12.1 Å². The first-order valence-electron chi connectivity index (χ1n) is 7.24. The van der Waals surface area contributed by atoms with Gasteiger partial charge in [0.25, 0.3) is 5.69 Å². The third-order valence-corrected chi connectivity index (χ3v) is 3.48. The molecule has 0 aliphatic rings. The number of aryl methyl sites for hydroxylation is 1. The fraction of sp³-hybridized carbons (Fsp3) is 0.235. The van der Waals surface area contributed by atoms with Gasteiger partial charge in [0.15, 0.2) is 11.6 Å². The normalized spacial score (nSPS) is 11.8. The molecule has 2 aromatic rings. The monoisotopic (exact) mass is 335 g/mol. The van der Waals surface area contributed by atoms with Crippen LogP contribution in [0.3, 0.4) is 0 Å². The third kappa shape index (κ3) is 4.58. The first-order valence-corrected chi connectivity index (χ1v) is 7.24. The highest BCUT2D eigenvalue weighted by atomic mass is 19.2. The maximum atomic E-state index is 13.1. The summed E-state index contributed by atoms with van der Waals surface area (Å²) >= 11 is 0. The van der Waals surface area contributed by atoms with Gasteiger partial charge < -0.3 is 4.74 Å². The Morgan fingerprint density at radius 3 is 2.42 bits per heavy atom. The Hall–Kier alpha value is -2.83. The molecule has 2 rings (SSSR count). The number of carbonyl (C=O) groups is 1. The van der Waals surface area contributed by atoms with Crippen LogP contribution in [0.1, 0.15) is 30.6 Å². The van der Waals surface area contributed by atoms with Crippen LogP contribution in [0.5, 0.6) is 0 Å². The molecule has 0 radical (unpaired) electrons. The van der Waals surface area contributed by atoms with Gasteiger partial charge in [-0.3, -0.25) is 14.9 Å². The van der Waals surface area contributed by atoms with Gasteiger partial charge in [-0.2, -0.15) is 0 Å². The summed E-state index contributed by atoms with van der Waals surface area (Å²) in [6, 6.07) is 9.17. The van der Waals surface area contributed by atoms with Crippen LogP contribution in [0.25, 0.3) is 0 Å². The maximum absolute atomic E-state index is 13.1. The number of carbonyl (C=O) groups excluding carboxylic acids is 1. The van der Waals surface area contributed by atoms with E-state index in [1.165, 1.54) is 30.3 Å². The molecule has 0 aliphatic heterocycles. The number of rotatable bonds is 6. The topological polar surface area (TPSA) is 69.4 Å². The molecule has 5 nitrogen and oxygen atoms in total. The van der Waals surface area contributed by atoms with Crippen LogP contribution in [0.15, 0.2) is 42.5 Å². The Bertz CT molecular complexity index is 747. The summed E-state index contributed by atoms with van der Waals surface area (Å²) < 4.78 is 31.1. The zero-order valence-electron chi connectivity index (χ0n) is 12.9. The number of non-ortho nitro benzene ring substituents is 1. The number of esters is 1. The molecule has 0 unspecified atom stereocenters. The number of ether oxygens (including phenoxy) is 1. The van der Waals surface area contributed by atoms with Crippen LogP contribution < -0.4 is 0 Å². The summed E-state index contributed by atoms with van der Waals surface area (Å²) in [6.07, 6.45) is -0.325. The smallest absolute Gasteiger partial charge is 0.306 e. The number of nitrogens with zero attached hydrogens (tertiary/aromatic N) is 1. The predicted molar refractivity (Wildman–Crippen MR) is 82.3 cm³/mol. The van der Waals surface area contributed by atoms with Crippen molar-refractivity contribution in [3.63, 3.8) is 0 Å². The molecule has 0 N–H and O–H groups in total. The van der Waals surface area contributed by atoms with E-state index in [1.807, 2.05) is 0 Å². The van der Waals surface area contributed by atoms with Gasteiger partial charge in [0.2, 0.25) is 0 Å². The number of nitro benzene ring substituents is 1. The van der Waals surface area contributed by atoms with Crippen LogP contribution in [-0.4, -0.2) is 10.9 Å². The molecule has 2 aromatic carbocycles. The third-order valence-electron chi connectivity index (χ3n) is 3.48. The average Bonchev–Trinajstić information content (AvgIpc) is 2.56. The van der Waals surface area contributed by atoms with Crippen LogP contribution in [0.4, 0.5) is 14.5 Å². The second-order valence-electron chi connectivity index (χ2n) is 5.23. The van der Waals surface area contributed by atoms with E-state index in [2.05, 4.69) is 0 Å². The molecule has 7 heteroatoms. The van der Waals surface area contributed by atoms with Crippen LogP contribution in [0, 0.1) is 21.7 Å². The Morgan fingerprint density at radius 2 is 1.83 bits per heavy atom. The second-order valence-corrected chi connectivity index (χ2v) is 5.23. The minimum Gasteiger partial charge on any atom is -0.458 e. The average molecular weight is 335 g/mol. The van der Waals surface area contributed by atoms with Gasteiger partial charge in [0, 0.05) is 18.6 Å². The highest BCUT2D eigenvalue weighted by Gasteiger charge is 2.14. The van der Waals surface area contributed by atoms with E-state index in [4.69, 9.17) is 4.74 Å². The van der Waals surface area contributed by atoms with Crippen molar-refractivity contribution < 1.29 is 23.2 Å². The molecule has 24 heavy (non-hydrogen) atoms. The van der Waals surface area contributed by atoms with Gasteiger partial charge in [0.05, 0.1) is 4.92 Å². The Balaban J connectivity index is 1.89. The van der Waals surface area contributed by atoms with E-state index >= 15 is 0 Å². The lowest BCUT2D eigenvalue weighted by Crippen LogP contribution is -2.10. The van der Waals surface area contributed by atoms with E-state index in [9.17, 15) is 23.7 Å². The molecule has 0 fully saturated rings. The van der Waals surface area contributed by atoms with Gasteiger partial charge in [-0.15, -0.1) is 0 Å². The first-order chi connectivity index (χ1) is 11.4. The number of nitro groups is 1. The van der Waals surface area contributed by atoms with Gasteiger partial charge in [-0.25, -0.2) is 8.78 Å². The second kappa shape index (κ2) is 7.63. The Kier molecular flexibility index (Phi) is 5.57. The van der Waals surface area contributed by atoms with E-state index in [0.29, 0.717) is 11.1 Å². The number of hydrogen-bond donors (Lipinski definition) is 0. The number of hydrogen-bond acceptors (Lipinski definition) is 4. The molecule has 0 saturated heterocycles. The lowest BCUT2D eigenvalue weighted by Gasteiger charge is -2.13. The molecule has 0 aromatic heterocycles. The zero-order chi connectivity index (χ0) is 17.7. The van der Waals surface area contributed by atoms with Crippen molar-refractivity contribution in [2.45, 2.75) is 25.9 Å². The summed E-state index contributed by atoms with van der Waals surface area (Å²) in [6.45, 7) is 1.65. The van der Waals surface area contributed by atoms with Gasteiger partial charge in [-0.05, 0) is 48.7 Å². The molecule has 126 valence electrons. The summed E-state index contributed by atoms with van der Waals surface area (Å²) in [7, 11) is 0. The zero-order valence-corrected chi connectivity index (χ0v) is 12.9. The van der Waals surface area contributed by atoms with E-state index < -0.39 is 28.6 Å². The summed E-state index contributed by atoms with van der Waals surface area (Å²) in [5, 5.41) is 10.6. The van der Waals surface area contributed by atoms with Crippen molar-refractivity contribution in [1.82, 2.24) is 0 Å². The van der Waals surface area contributed by atoms with Crippen molar-refractivity contribution in [3.8, 4) is 0 Å². The van der Waals surface area contributed by atoms with E-state index in [-0.39, 0.29) is 18.5 Å². The molecule has 0 spiro atoms. The van der Waals surface area contributed by atoms with Crippen molar-refractivity contribution in [3.05, 3.63) is 75.3 Å². The standard InChI is InChI=1S/C17H15F2NO4/c1-11(13-4-6-14(7-5-13)20(22)23)24-17(21)9-3-12-2-8-15(18)16(19)10-12/h2,4-8,10-11H,3,9H2,1H3/t11-/m1/s1.